The molecule has 1 aliphatic carbocycles. The molecule has 4 N–H and O–H groups in total. The monoisotopic (exact) mass is 481 g/mol. The molecule has 1 aromatic carbocycles. The molecule has 6 rings (SSSR count). The number of benzene rings is 1. The largest absolute Gasteiger partial charge is 0.505 e. The first-order chi connectivity index (χ1) is 16.8. The van der Waals surface area contributed by atoms with Crippen molar-refractivity contribution in [2.24, 2.45) is 0 Å². The van der Waals surface area contributed by atoms with Crippen molar-refractivity contribution in [1.29, 1.82) is 0 Å². The van der Waals surface area contributed by atoms with E-state index in [0.717, 1.165) is 11.1 Å². The molecule has 10 heteroatoms. The molecule has 0 spiro atoms. The molecule has 0 saturated carbocycles. The van der Waals surface area contributed by atoms with Crippen molar-refractivity contribution in [3.8, 4) is 17.1 Å². The summed E-state index contributed by atoms with van der Waals surface area (Å²) in [5.74, 6) is -1.96. The smallest absolute Gasteiger partial charge is 0.343 e. The Bertz CT molecular complexity index is 1500. The summed E-state index contributed by atoms with van der Waals surface area (Å²) in [6, 6.07) is 2.61. The number of ether oxygens (including phenoxy) is 1. The topological polar surface area (TPSA) is 134 Å². The van der Waals surface area contributed by atoms with Gasteiger partial charge in [-0.3, -0.25) is 4.79 Å². The van der Waals surface area contributed by atoms with Gasteiger partial charge in [0, 0.05) is 40.7 Å². The van der Waals surface area contributed by atoms with Gasteiger partial charge in [0.05, 0.1) is 35.6 Å². The maximum Gasteiger partial charge on any atom is 0.343 e. The van der Waals surface area contributed by atoms with Crippen molar-refractivity contribution in [2.45, 2.75) is 51.0 Å². The number of aliphatic hydroxyl groups is 2. The first kappa shape index (κ1) is 22.1. The molecular formula is C25H24FN3O6. The van der Waals surface area contributed by atoms with Crippen LogP contribution in [0.2, 0.25) is 0 Å². The van der Waals surface area contributed by atoms with Gasteiger partial charge in [-0.1, -0.05) is 6.92 Å². The van der Waals surface area contributed by atoms with E-state index in [9.17, 15) is 29.3 Å². The van der Waals surface area contributed by atoms with Gasteiger partial charge in [0.15, 0.2) is 17.2 Å². The Morgan fingerprint density at radius 3 is 2.83 bits per heavy atom. The number of hydrogen-bond acceptors (Lipinski definition) is 8. The lowest BCUT2D eigenvalue weighted by Crippen LogP contribution is -2.44. The van der Waals surface area contributed by atoms with E-state index in [1.165, 1.54) is 10.6 Å². The molecule has 1 unspecified atom stereocenters. The van der Waals surface area contributed by atoms with Gasteiger partial charge < -0.3 is 29.9 Å². The molecule has 0 saturated heterocycles. The quantitative estimate of drug-likeness (QED) is 0.322. The highest BCUT2D eigenvalue weighted by atomic mass is 19.1. The van der Waals surface area contributed by atoms with Crippen LogP contribution < -0.4 is 10.9 Å². The highest BCUT2D eigenvalue weighted by Gasteiger charge is 2.46. The van der Waals surface area contributed by atoms with Crippen LogP contribution in [0.4, 0.5) is 4.39 Å². The fourth-order valence-corrected chi connectivity index (χ4v) is 5.82. The molecule has 3 aliphatic rings. The summed E-state index contributed by atoms with van der Waals surface area (Å²) in [6.07, 6.45) is 1.03. The van der Waals surface area contributed by atoms with Crippen LogP contribution in [0.15, 0.2) is 16.9 Å². The lowest BCUT2D eigenvalue weighted by atomic mass is 9.83. The van der Waals surface area contributed by atoms with E-state index < -0.39 is 23.1 Å². The van der Waals surface area contributed by atoms with Crippen LogP contribution in [-0.2, 0) is 34.7 Å². The van der Waals surface area contributed by atoms with E-state index >= 15 is 0 Å². The van der Waals surface area contributed by atoms with Gasteiger partial charge >= 0.3 is 5.97 Å². The number of carbonyl (C=O) groups is 1. The van der Waals surface area contributed by atoms with E-state index in [1.54, 1.807) is 13.0 Å². The van der Waals surface area contributed by atoms with E-state index in [4.69, 9.17) is 9.72 Å². The zero-order valence-corrected chi connectivity index (χ0v) is 19.0. The number of rotatable bonds is 4. The minimum atomic E-state index is -1.94. The molecular weight excluding hydrogens is 457 g/mol. The number of pyridine rings is 2. The lowest BCUT2D eigenvalue weighted by Gasteiger charge is -2.31. The van der Waals surface area contributed by atoms with Gasteiger partial charge in [-0.15, -0.1) is 0 Å². The Morgan fingerprint density at radius 2 is 2.09 bits per heavy atom. The summed E-state index contributed by atoms with van der Waals surface area (Å²) < 4.78 is 21.3. The standard InChI is InChI=1S/C25H24FN3O6/c1-2-25(34)14-7-18-21-12(9-29(18)23(32)13(14)10-35-24(25)33)20-16(27-5-6-30)4-3-11-19(20)17(28-21)8-15(26)22(11)31/h7-8,16,27,30-31,34H,2-6,9-10H2,1H3/t16?,25-/m0/s1. The maximum absolute atomic E-state index is 14.6. The third-order valence-electron chi connectivity index (χ3n) is 7.58. The van der Waals surface area contributed by atoms with Crippen molar-refractivity contribution in [1.82, 2.24) is 14.9 Å². The summed E-state index contributed by atoms with van der Waals surface area (Å²) in [5.41, 5.74) is 1.43. The number of aromatic hydroxyl groups is 1. The van der Waals surface area contributed by atoms with Crippen LogP contribution in [0.25, 0.3) is 22.3 Å². The van der Waals surface area contributed by atoms with Crippen LogP contribution in [0.5, 0.6) is 5.75 Å². The van der Waals surface area contributed by atoms with Gasteiger partial charge in [0.25, 0.3) is 5.56 Å². The number of carbonyl (C=O) groups excluding carboxylic acids is 1. The number of hydrogen-bond donors (Lipinski definition) is 4. The predicted octanol–water partition coefficient (Wildman–Crippen LogP) is 1.49. The zero-order chi connectivity index (χ0) is 24.6. The molecule has 9 nitrogen and oxygen atoms in total. The molecule has 0 radical (unpaired) electrons. The second-order valence-electron chi connectivity index (χ2n) is 9.30. The normalized spacial score (nSPS) is 22.1. The maximum atomic E-state index is 14.6. The summed E-state index contributed by atoms with van der Waals surface area (Å²) in [7, 11) is 0. The molecule has 4 heterocycles. The van der Waals surface area contributed by atoms with Gasteiger partial charge in [-0.05, 0) is 30.9 Å². The number of nitrogens with zero attached hydrogens (tertiary/aromatic N) is 2. The van der Waals surface area contributed by atoms with Crippen molar-refractivity contribution >= 4 is 16.9 Å². The molecule has 0 bridgehead atoms. The van der Waals surface area contributed by atoms with Crippen molar-refractivity contribution in [3.05, 3.63) is 56.1 Å². The molecule has 2 atom stereocenters. The third kappa shape index (κ3) is 2.87. The Labute approximate surface area is 198 Å². The highest BCUT2D eigenvalue weighted by Crippen LogP contribution is 2.47. The molecule has 2 aromatic heterocycles. The number of halogens is 1. The number of cyclic esters (lactones) is 1. The predicted molar refractivity (Wildman–Crippen MR) is 122 cm³/mol. The fourth-order valence-electron chi connectivity index (χ4n) is 5.82. The van der Waals surface area contributed by atoms with Crippen molar-refractivity contribution < 1.29 is 29.2 Å². The Kier molecular flexibility index (Phi) is 4.79. The minimum absolute atomic E-state index is 0.0337. The molecule has 2 aliphatic heterocycles. The fraction of sp³-hybridized carbons (Fsp3) is 0.400. The van der Waals surface area contributed by atoms with Gasteiger partial charge in [-0.2, -0.15) is 0 Å². The van der Waals surface area contributed by atoms with Crippen LogP contribution >= 0.6 is 0 Å². The molecule has 0 fully saturated rings. The third-order valence-corrected chi connectivity index (χ3v) is 7.58. The number of nitrogens with one attached hydrogen (secondary N) is 1. The second-order valence-corrected chi connectivity index (χ2v) is 9.30. The first-order valence-electron chi connectivity index (χ1n) is 11.7. The van der Waals surface area contributed by atoms with Crippen LogP contribution in [-0.4, -0.2) is 44.0 Å². The number of phenols is 1. The Hall–Kier alpha value is -3.34. The van der Waals surface area contributed by atoms with Gasteiger partial charge in [0.2, 0.25) is 0 Å². The first-order valence-corrected chi connectivity index (χ1v) is 11.7. The van der Waals surface area contributed by atoms with Crippen LogP contribution in [0.1, 0.15) is 53.6 Å². The molecule has 35 heavy (non-hydrogen) atoms. The van der Waals surface area contributed by atoms with E-state index in [-0.39, 0.29) is 48.9 Å². The summed E-state index contributed by atoms with van der Waals surface area (Å²) in [5, 5.41) is 34.9. The van der Waals surface area contributed by atoms with Gasteiger partial charge in [0.1, 0.15) is 6.61 Å². The summed E-state index contributed by atoms with van der Waals surface area (Å²) in [4.78, 5) is 30.6. The molecule has 3 aromatic rings. The van der Waals surface area contributed by atoms with Crippen molar-refractivity contribution in [3.63, 3.8) is 0 Å². The number of aromatic nitrogens is 2. The number of aliphatic hydroxyl groups excluding tert-OH is 1. The molecule has 0 amide bonds. The van der Waals surface area contributed by atoms with E-state index in [1.807, 2.05) is 0 Å². The average molecular weight is 481 g/mol. The van der Waals surface area contributed by atoms with E-state index in [0.29, 0.717) is 47.2 Å². The number of fused-ring (bicyclic) bond motifs is 5. The average Bonchev–Trinajstić information content (AvgIpc) is 3.22. The second kappa shape index (κ2) is 7.58. The van der Waals surface area contributed by atoms with Crippen LogP contribution in [0, 0.1) is 5.82 Å². The number of esters is 1. The SMILES string of the molecule is CC[C@@]1(O)C(=O)OCc2c1cc1n(c2=O)Cc2c-1nc1cc(F)c(O)c3c1c2C(NCCO)CC3. The number of phenolic OH excluding ortho intramolecular Hbond substituents is 1. The van der Waals surface area contributed by atoms with E-state index in [2.05, 4.69) is 5.32 Å². The van der Waals surface area contributed by atoms with Gasteiger partial charge in [-0.25, -0.2) is 14.2 Å². The summed E-state index contributed by atoms with van der Waals surface area (Å²) in [6.45, 7) is 1.89. The molecule has 182 valence electrons. The summed E-state index contributed by atoms with van der Waals surface area (Å²) >= 11 is 0. The number of aryl methyl sites for hydroxylation is 1. The Morgan fingerprint density at radius 1 is 1.29 bits per heavy atom. The zero-order valence-electron chi connectivity index (χ0n) is 19.0. The van der Waals surface area contributed by atoms with Crippen molar-refractivity contribution in [2.75, 3.05) is 13.2 Å². The Balaban J connectivity index is 1.66. The highest BCUT2D eigenvalue weighted by molar-refractivity contribution is 5.94. The van der Waals surface area contributed by atoms with Crippen LogP contribution in [0.3, 0.4) is 0 Å². The lowest BCUT2D eigenvalue weighted by molar-refractivity contribution is -0.172. The minimum Gasteiger partial charge on any atom is -0.505 e.